The molecule has 0 spiro atoms. The van der Waals surface area contributed by atoms with Crippen molar-refractivity contribution in [1.82, 2.24) is 0 Å². The zero-order valence-electron chi connectivity index (χ0n) is 17.5. The Hall–Kier alpha value is -3.28. The summed E-state index contributed by atoms with van der Waals surface area (Å²) >= 11 is 3.42. The van der Waals surface area contributed by atoms with Gasteiger partial charge in [-0.15, -0.1) is 22.7 Å². The van der Waals surface area contributed by atoms with Gasteiger partial charge < -0.3 is 4.42 Å². The molecule has 0 saturated carbocycles. The predicted molar refractivity (Wildman–Crippen MR) is 132 cm³/mol. The first-order valence-electron chi connectivity index (χ1n) is 10.5. The third-order valence-corrected chi connectivity index (χ3v) is 8.39. The summed E-state index contributed by atoms with van der Waals surface area (Å²) in [5, 5.41) is 1.24. The highest BCUT2D eigenvalue weighted by Crippen LogP contribution is 2.41. The lowest BCUT2D eigenvalue weighted by atomic mass is 9.99. The molecule has 2 aromatic carbocycles. The average molecular weight is 455 g/mol. The molecule has 0 saturated heterocycles. The number of rotatable bonds is 3. The quantitative estimate of drug-likeness (QED) is 0.207. The lowest BCUT2D eigenvalue weighted by Gasteiger charge is -2.04. The molecule has 3 heterocycles. The Kier molecular flexibility index (Phi) is 4.32. The Labute approximate surface area is 192 Å². The Bertz CT molecular complexity index is 1540. The largest absolute Gasteiger partial charge is 0.456 e. The second kappa shape index (κ2) is 7.12. The van der Waals surface area contributed by atoms with E-state index in [9.17, 15) is 9.59 Å². The number of Topliss-reactive ketones (excluding diaryl/α,β-unsaturated/α-hetero) is 2. The standard InChI is InChI=1S/C27H18O3S2/c1-3-15-9-19-18(8-14(15)2)26(28)20(27(19)29)11-17-12-23-21(30-17)13-25(32-23)24-10-16-6-4-5-7-22(16)31-24/h4-13H,3H2,1-2H3/b20-11+. The van der Waals surface area contributed by atoms with Crippen LogP contribution >= 0.6 is 22.7 Å². The van der Waals surface area contributed by atoms with Crippen molar-refractivity contribution in [3.63, 3.8) is 0 Å². The van der Waals surface area contributed by atoms with Crippen molar-refractivity contribution < 1.29 is 14.0 Å². The molecular formula is C27H18O3S2. The van der Waals surface area contributed by atoms with Crippen LogP contribution in [-0.2, 0) is 6.42 Å². The maximum absolute atomic E-state index is 12.9. The molecule has 6 rings (SSSR count). The van der Waals surface area contributed by atoms with E-state index in [-0.39, 0.29) is 17.1 Å². The van der Waals surface area contributed by atoms with Crippen molar-refractivity contribution in [3.05, 3.63) is 88.2 Å². The third kappa shape index (κ3) is 2.93. The van der Waals surface area contributed by atoms with E-state index in [1.54, 1.807) is 28.7 Å². The van der Waals surface area contributed by atoms with Gasteiger partial charge in [0.2, 0.25) is 0 Å². The second-order valence-electron chi connectivity index (χ2n) is 8.03. The number of hydrogen-bond acceptors (Lipinski definition) is 5. The van der Waals surface area contributed by atoms with E-state index in [1.807, 2.05) is 37.3 Å². The van der Waals surface area contributed by atoms with Crippen molar-refractivity contribution in [2.75, 3.05) is 0 Å². The summed E-state index contributed by atoms with van der Waals surface area (Å²) in [6.07, 6.45) is 2.42. The highest BCUT2D eigenvalue weighted by Gasteiger charge is 2.34. The Morgan fingerprint density at radius 1 is 0.875 bits per heavy atom. The van der Waals surface area contributed by atoms with Gasteiger partial charge in [-0.2, -0.15) is 0 Å². The van der Waals surface area contributed by atoms with Crippen molar-refractivity contribution in [2.45, 2.75) is 20.3 Å². The van der Waals surface area contributed by atoms with Crippen LogP contribution in [0.3, 0.4) is 0 Å². The topological polar surface area (TPSA) is 47.3 Å². The van der Waals surface area contributed by atoms with Gasteiger partial charge >= 0.3 is 0 Å². The minimum Gasteiger partial charge on any atom is -0.456 e. The van der Waals surface area contributed by atoms with Gasteiger partial charge in [0.05, 0.1) is 10.3 Å². The molecule has 0 radical (unpaired) electrons. The lowest BCUT2D eigenvalue weighted by Crippen LogP contribution is -1.99. The molecule has 0 aliphatic heterocycles. The molecule has 0 unspecified atom stereocenters. The van der Waals surface area contributed by atoms with Gasteiger partial charge in [0.25, 0.3) is 0 Å². The number of ketones is 2. The molecule has 32 heavy (non-hydrogen) atoms. The summed E-state index contributed by atoms with van der Waals surface area (Å²) in [6, 6.07) is 18.2. The van der Waals surface area contributed by atoms with Crippen LogP contribution in [0.1, 0.15) is 44.5 Å². The van der Waals surface area contributed by atoms with Gasteiger partial charge in [0.15, 0.2) is 11.6 Å². The van der Waals surface area contributed by atoms with E-state index in [0.29, 0.717) is 16.9 Å². The SMILES string of the molecule is CCc1cc2c(cc1C)C(=O)/C(=C\c1cc3sc(-c4cc5ccccc5s4)cc3o1)C2=O. The van der Waals surface area contributed by atoms with Crippen LogP contribution in [0.15, 0.2) is 64.6 Å². The zero-order valence-corrected chi connectivity index (χ0v) is 19.2. The minimum atomic E-state index is -0.221. The van der Waals surface area contributed by atoms with Gasteiger partial charge in [0.1, 0.15) is 11.3 Å². The van der Waals surface area contributed by atoms with E-state index < -0.39 is 0 Å². The molecule has 0 amide bonds. The minimum absolute atomic E-state index is 0.179. The van der Waals surface area contributed by atoms with Crippen molar-refractivity contribution in [3.8, 4) is 9.75 Å². The maximum Gasteiger partial charge on any atom is 0.197 e. The van der Waals surface area contributed by atoms with Crippen LogP contribution in [0.2, 0.25) is 0 Å². The maximum atomic E-state index is 12.9. The van der Waals surface area contributed by atoms with E-state index in [2.05, 4.69) is 31.2 Å². The number of hydrogen-bond donors (Lipinski definition) is 0. The molecule has 5 heteroatoms. The van der Waals surface area contributed by atoms with E-state index >= 15 is 0 Å². The Morgan fingerprint density at radius 3 is 2.34 bits per heavy atom. The normalized spacial score (nSPS) is 14.9. The third-order valence-electron chi connectivity index (χ3n) is 6.02. The summed E-state index contributed by atoms with van der Waals surface area (Å²) in [4.78, 5) is 28.2. The van der Waals surface area contributed by atoms with Gasteiger partial charge in [-0.25, -0.2) is 0 Å². The molecule has 0 bridgehead atoms. The predicted octanol–water partition coefficient (Wildman–Crippen LogP) is 7.71. The summed E-state index contributed by atoms with van der Waals surface area (Å²) in [5.74, 6) is 0.0953. The van der Waals surface area contributed by atoms with Gasteiger partial charge in [-0.1, -0.05) is 25.1 Å². The van der Waals surface area contributed by atoms with Gasteiger partial charge in [-0.3, -0.25) is 9.59 Å². The monoisotopic (exact) mass is 454 g/mol. The lowest BCUT2D eigenvalue weighted by molar-refractivity contribution is 0.0990. The van der Waals surface area contributed by atoms with Crippen LogP contribution in [0.25, 0.3) is 36.2 Å². The van der Waals surface area contributed by atoms with Gasteiger partial charge in [0, 0.05) is 37.7 Å². The number of thiophene rings is 2. The molecular weight excluding hydrogens is 436 g/mol. The molecule has 156 valence electrons. The van der Waals surface area contributed by atoms with E-state index in [0.717, 1.165) is 32.7 Å². The number of aryl methyl sites for hydroxylation is 2. The summed E-state index contributed by atoms with van der Waals surface area (Å²) in [6.45, 7) is 4.03. The molecule has 0 N–H and O–H groups in total. The van der Waals surface area contributed by atoms with Crippen LogP contribution in [-0.4, -0.2) is 11.6 Å². The first-order valence-corrected chi connectivity index (χ1v) is 12.1. The zero-order chi connectivity index (χ0) is 22.0. The van der Waals surface area contributed by atoms with Crippen molar-refractivity contribution in [1.29, 1.82) is 0 Å². The smallest absolute Gasteiger partial charge is 0.197 e. The summed E-state index contributed by atoms with van der Waals surface area (Å²) in [7, 11) is 0. The van der Waals surface area contributed by atoms with Crippen LogP contribution < -0.4 is 0 Å². The highest BCUT2D eigenvalue weighted by molar-refractivity contribution is 7.28. The molecule has 5 aromatic rings. The fourth-order valence-electron chi connectivity index (χ4n) is 4.33. The summed E-state index contributed by atoms with van der Waals surface area (Å²) < 4.78 is 8.27. The fraction of sp³-hybridized carbons (Fsp3) is 0.111. The van der Waals surface area contributed by atoms with Crippen LogP contribution in [0.4, 0.5) is 0 Å². The van der Waals surface area contributed by atoms with E-state index in [1.165, 1.54) is 15.0 Å². The molecule has 1 aliphatic rings. The van der Waals surface area contributed by atoms with E-state index in [4.69, 9.17) is 4.42 Å². The number of carbonyl (C=O) groups is 2. The molecule has 3 nitrogen and oxygen atoms in total. The number of fused-ring (bicyclic) bond motifs is 3. The average Bonchev–Trinajstić information content (AvgIpc) is 3.52. The van der Waals surface area contributed by atoms with Crippen molar-refractivity contribution >= 4 is 60.7 Å². The summed E-state index contributed by atoms with van der Waals surface area (Å²) in [5.41, 5.74) is 4.09. The number of furan rings is 1. The van der Waals surface area contributed by atoms with Crippen molar-refractivity contribution in [2.24, 2.45) is 0 Å². The number of allylic oxidation sites excluding steroid dienone is 1. The van der Waals surface area contributed by atoms with Crippen LogP contribution in [0, 0.1) is 6.92 Å². The van der Waals surface area contributed by atoms with Crippen LogP contribution in [0.5, 0.6) is 0 Å². The molecule has 3 aromatic heterocycles. The Morgan fingerprint density at radius 2 is 1.59 bits per heavy atom. The van der Waals surface area contributed by atoms with Gasteiger partial charge in [-0.05, 0) is 60.2 Å². The number of carbonyl (C=O) groups excluding carboxylic acids is 2. The molecule has 0 atom stereocenters. The second-order valence-corrected chi connectivity index (χ2v) is 10.2. The first-order chi connectivity index (χ1) is 15.5. The fourth-order valence-corrected chi connectivity index (χ4v) is 6.49. The number of benzene rings is 2. The highest BCUT2D eigenvalue weighted by atomic mass is 32.1. The molecule has 1 aliphatic carbocycles. The molecule has 0 fully saturated rings. The first kappa shape index (κ1) is 19.4. The Balaban J connectivity index is 1.36.